The molecule has 2 heterocycles. The van der Waals surface area contributed by atoms with Crippen molar-refractivity contribution in [3.05, 3.63) is 48.8 Å². The topological polar surface area (TPSA) is 32.6 Å². The Bertz CT molecular complexity index is 590. The summed E-state index contributed by atoms with van der Waals surface area (Å²) in [6.07, 6.45) is 4.03. The lowest BCUT2D eigenvalue weighted by molar-refractivity contribution is -0.671. The lowest BCUT2D eigenvalue weighted by Crippen LogP contribution is -2.25. The van der Waals surface area contributed by atoms with Crippen LogP contribution in [0.2, 0.25) is 0 Å². The SMILES string of the molecule is C[n+]1ccc(-c2nc3ccccc3[nH]2)cc1. The average Bonchev–Trinajstić information content (AvgIpc) is 2.73. The van der Waals surface area contributed by atoms with Gasteiger partial charge in [-0.2, -0.15) is 0 Å². The molecule has 0 saturated carbocycles. The summed E-state index contributed by atoms with van der Waals surface area (Å²) in [5, 5.41) is 0. The van der Waals surface area contributed by atoms with Crippen LogP contribution < -0.4 is 4.57 Å². The minimum Gasteiger partial charge on any atom is -0.338 e. The molecule has 1 N–H and O–H groups in total. The van der Waals surface area contributed by atoms with Gasteiger partial charge in [-0.05, 0) is 12.1 Å². The zero-order chi connectivity index (χ0) is 11.0. The number of aryl methyl sites for hydroxylation is 1. The Morgan fingerprint density at radius 1 is 1.06 bits per heavy atom. The zero-order valence-electron chi connectivity index (χ0n) is 9.01. The van der Waals surface area contributed by atoms with Gasteiger partial charge < -0.3 is 4.98 Å². The van der Waals surface area contributed by atoms with Gasteiger partial charge in [0.05, 0.1) is 11.0 Å². The number of fused-ring (bicyclic) bond motifs is 1. The van der Waals surface area contributed by atoms with Crippen molar-refractivity contribution in [2.45, 2.75) is 0 Å². The molecule has 0 unspecified atom stereocenters. The number of H-pyrrole nitrogens is 1. The van der Waals surface area contributed by atoms with Crippen LogP contribution >= 0.6 is 0 Å². The number of rotatable bonds is 1. The number of aromatic amines is 1. The largest absolute Gasteiger partial charge is 0.338 e. The molecule has 0 spiro atoms. The molecule has 1 aromatic carbocycles. The van der Waals surface area contributed by atoms with E-state index in [4.69, 9.17) is 0 Å². The summed E-state index contributed by atoms with van der Waals surface area (Å²) in [5.74, 6) is 0.918. The second-order valence-electron chi connectivity index (χ2n) is 3.85. The van der Waals surface area contributed by atoms with Crippen molar-refractivity contribution < 1.29 is 4.57 Å². The molecule has 0 radical (unpaired) electrons. The highest BCUT2D eigenvalue weighted by Crippen LogP contribution is 2.18. The summed E-state index contributed by atoms with van der Waals surface area (Å²) < 4.78 is 2.01. The summed E-state index contributed by atoms with van der Waals surface area (Å²) in [4.78, 5) is 7.86. The van der Waals surface area contributed by atoms with Gasteiger partial charge in [0.1, 0.15) is 12.9 Å². The van der Waals surface area contributed by atoms with Crippen LogP contribution in [0.5, 0.6) is 0 Å². The molecule has 0 aliphatic carbocycles. The van der Waals surface area contributed by atoms with Gasteiger partial charge in [0.2, 0.25) is 0 Å². The predicted octanol–water partition coefficient (Wildman–Crippen LogP) is 2.05. The summed E-state index contributed by atoms with van der Waals surface area (Å²) in [7, 11) is 2.00. The number of pyridine rings is 1. The highest BCUT2D eigenvalue weighted by Gasteiger charge is 2.05. The Morgan fingerprint density at radius 3 is 2.56 bits per heavy atom. The van der Waals surface area contributed by atoms with Crippen molar-refractivity contribution in [3.8, 4) is 11.4 Å². The van der Waals surface area contributed by atoms with E-state index < -0.39 is 0 Å². The predicted molar refractivity (Wildman–Crippen MR) is 62.7 cm³/mol. The van der Waals surface area contributed by atoms with Crippen LogP contribution in [0, 0.1) is 0 Å². The van der Waals surface area contributed by atoms with E-state index in [1.54, 1.807) is 0 Å². The third-order valence-electron chi connectivity index (χ3n) is 2.64. The van der Waals surface area contributed by atoms with Gasteiger partial charge in [0, 0.05) is 17.7 Å². The maximum Gasteiger partial charge on any atom is 0.169 e. The van der Waals surface area contributed by atoms with E-state index in [9.17, 15) is 0 Å². The minimum atomic E-state index is 0.918. The highest BCUT2D eigenvalue weighted by molar-refractivity contribution is 5.78. The van der Waals surface area contributed by atoms with E-state index in [2.05, 4.69) is 22.1 Å². The quantitative estimate of drug-likeness (QED) is 0.613. The number of benzene rings is 1. The summed E-state index contributed by atoms with van der Waals surface area (Å²) >= 11 is 0. The Balaban J connectivity index is 2.15. The fourth-order valence-electron chi connectivity index (χ4n) is 1.75. The van der Waals surface area contributed by atoms with E-state index in [-0.39, 0.29) is 0 Å². The van der Waals surface area contributed by atoms with Crippen LogP contribution in [0.1, 0.15) is 0 Å². The number of imidazole rings is 1. The van der Waals surface area contributed by atoms with Crippen LogP contribution in [0.15, 0.2) is 48.8 Å². The molecular formula is C13H12N3+. The molecule has 0 amide bonds. The number of para-hydroxylation sites is 2. The molecule has 0 aliphatic heterocycles. The van der Waals surface area contributed by atoms with Crippen molar-refractivity contribution in [3.63, 3.8) is 0 Å². The standard InChI is InChI=1S/C13H11N3/c1-16-8-6-10(7-9-16)13-14-11-4-2-3-5-12(11)15-13/h2-9H,1H3/p+1. The van der Waals surface area contributed by atoms with E-state index in [1.165, 1.54) is 0 Å². The number of nitrogens with one attached hydrogen (secondary N) is 1. The van der Waals surface area contributed by atoms with E-state index in [0.29, 0.717) is 0 Å². The van der Waals surface area contributed by atoms with Crippen molar-refractivity contribution in [2.24, 2.45) is 7.05 Å². The monoisotopic (exact) mass is 210 g/mol. The molecule has 0 atom stereocenters. The Labute approximate surface area is 93.4 Å². The van der Waals surface area contributed by atoms with Crippen molar-refractivity contribution in [1.29, 1.82) is 0 Å². The fraction of sp³-hybridized carbons (Fsp3) is 0.0769. The van der Waals surface area contributed by atoms with Crippen LogP contribution in [0.3, 0.4) is 0 Å². The molecule has 0 aliphatic rings. The molecule has 0 saturated heterocycles. The highest BCUT2D eigenvalue weighted by atomic mass is 14.9. The van der Waals surface area contributed by atoms with Gasteiger partial charge in [-0.1, -0.05) is 12.1 Å². The van der Waals surface area contributed by atoms with Crippen molar-refractivity contribution >= 4 is 11.0 Å². The van der Waals surface area contributed by atoms with Gasteiger partial charge in [0.25, 0.3) is 0 Å². The first-order valence-corrected chi connectivity index (χ1v) is 5.23. The molecule has 2 aromatic heterocycles. The molecule has 0 bridgehead atoms. The molecule has 0 fully saturated rings. The smallest absolute Gasteiger partial charge is 0.169 e. The maximum absolute atomic E-state index is 4.55. The summed E-state index contributed by atoms with van der Waals surface area (Å²) in [5.41, 5.74) is 3.19. The average molecular weight is 210 g/mol. The molecule has 3 aromatic rings. The van der Waals surface area contributed by atoms with E-state index in [1.807, 2.05) is 48.3 Å². The normalized spacial score (nSPS) is 10.8. The first-order valence-electron chi connectivity index (χ1n) is 5.23. The second-order valence-corrected chi connectivity index (χ2v) is 3.85. The maximum atomic E-state index is 4.55. The van der Waals surface area contributed by atoms with Crippen molar-refractivity contribution in [1.82, 2.24) is 9.97 Å². The van der Waals surface area contributed by atoms with Crippen LogP contribution in [-0.2, 0) is 7.05 Å². The molecule has 16 heavy (non-hydrogen) atoms. The number of aromatic nitrogens is 3. The fourth-order valence-corrected chi connectivity index (χ4v) is 1.75. The first kappa shape index (κ1) is 9.09. The molecule has 3 heteroatoms. The van der Waals surface area contributed by atoms with Crippen LogP contribution in [0.25, 0.3) is 22.4 Å². The second kappa shape index (κ2) is 3.45. The lowest BCUT2D eigenvalue weighted by Gasteiger charge is -1.93. The van der Waals surface area contributed by atoms with Gasteiger partial charge in [-0.15, -0.1) is 0 Å². The minimum absolute atomic E-state index is 0.918. The number of nitrogens with zero attached hydrogens (tertiary/aromatic N) is 2. The van der Waals surface area contributed by atoms with Gasteiger partial charge in [-0.3, -0.25) is 0 Å². The third kappa shape index (κ3) is 1.46. The Kier molecular flexibility index (Phi) is 1.96. The Hall–Kier alpha value is -2.16. The molecule has 3 rings (SSSR count). The molecule has 3 nitrogen and oxygen atoms in total. The molecular weight excluding hydrogens is 198 g/mol. The van der Waals surface area contributed by atoms with E-state index >= 15 is 0 Å². The number of hydrogen-bond acceptors (Lipinski definition) is 1. The first-order chi connectivity index (χ1) is 7.83. The van der Waals surface area contributed by atoms with Crippen LogP contribution in [-0.4, -0.2) is 9.97 Å². The zero-order valence-corrected chi connectivity index (χ0v) is 9.01. The Morgan fingerprint density at radius 2 is 1.81 bits per heavy atom. The van der Waals surface area contributed by atoms with E-state index in [0.717, 1.165) is 22.4 Å². The van der Waals surface area contributed by atoms with Gasteiger partial charge >= 0.3 is 0 Å². The number of hydrogen-bond donors (Lipinski definition) is 1. The summed E-state index contributed by atoms with van der Waals surface area (Å²) in [6, 6.07) is 12.2. The third-order valence-corrected chi connectivity index (χ3v) is 2.64. The van der Waals surface area contributed by atoms with Gasteiger partial charge in [0.15, 0.2) is 12.4 Å². The lowest BCUT2D eigenvalue weighted by atomic mass is 10.2. The summed E-state index contributed by atoms with van der Waals surface area (Å²) in [6.45, 7) is 0. The van der Waals surface area contributed by atoms with Crippen LogP contribution in [0.4, 0.5) is 0 Å². The van der Waals surface area contributed by atoms with Gasteiger partial charge in [-0.25, -0.2) is 9.55 Å². The molecule has 78 valence electrons. The van der Waals surface area contributed by atoms with Crippen molar-refractivity contribution in [2.75, 3.05) is 0 Å².